The van der Waals surface area contributed by atoms with Crippen molar-refractivity contribution in [1.82, 2.24) is 15.5 Å². The monoisotopic (exact) mass is 715 g/mol. The van der Waals surface area contributed by atoms with E-state index in [1.54, 1.807) is 41.3 Å². The van der Waals surface area contributed by atoms with E-state index >= 15 is 0 Å². The van der Waals surface area contributed by atoms with Crippen LogP contribution in [0.15, 0.2) is 84.9 Å². The summed E-state index contributed by atoms with van der Waals surface area (Å²) in [5.41, 5.74) is 2.80. The Kier molecular flexibility index (Phi) is 12.7. The first kappa shape index (κ1) is 37.6. The zero-order chi connectivity index (χ0) is 36.4. The fourth-order valence-corrected chi connectivity index (χ4v) is 5.92. The number of rotatable bonds is 9. The molecule has 11 nitrogen and oxygen atoms in total. The van der Waals surface area contributed by atoms with E-state index in [1.165, 1.54) is 6.07 Å². The van der Waals surface area contributed by atoms with Crippen LogP contribution in [0.4, 0.5) is 13.2 Å². The van der Waals surface area contributed by atoms with Gasteiger partial charge in [-0.15, -0.1) is 13.2 Å². The number of aliphatic carboxylic acids is 2. The number of nitrogens with zero attached hydrogens (tertiary/aromatic N) is 1. The smallest absolute Gasteiger partial charge is 0.478 e. The highest BCUT2D eigenvalue weighted by Gasteiger charge is 2.38. The molecule has 0 aliphatic carbocycles. The van der Waals surface area contributed by atoms with Crippen LogP contribution in [0.3, 0.4) is 0 Å². The standard InChI is InChI=1S/C31H29ClF3N3O4.C4H4O4/c32-24-9-6-19(7-10-24)21-8-11-27(42-31(33,34)35)23(14-21)17-36-26-12-13-38(18-25(26)20-4-2-1-3-5-20)30(41)22-15-28(39)37-29(40)16-22;5-3(6)1-2-4(7)8/h1-11,14,22,25-26,36H,12-13,15-18H2,(H,37,39,40);1-2H,(H,5,6)(H,7,8)/b;2-1+/t25-,26-;/m0./s1. The Bertz CT molecular complexity index is 1700. The summed E-state index contributed by atoms with van der Waals surface area (Å²) in [6.45, 7) is 0.804. The van der Waals surface area contributed by atoms with Crippen LogP contribution >= 0.6 is 11.6 Å². The largest absolute Gasteiger partial charge is 0.573 e. The van der Waals surface area contributed by atoms with Gasteiger partial charge in [-0.2, -0.15) is 0 Å². The molecule has 3 amide bonds. The van der Waals surface area contributed by atoms with Crippen molar-refractivity contribution < 1.29 is 52.1 Å². The molecule has 3 aromatic rings. The number of likely N-dealkylation sites (tertiary alicyclic amines) is 1. The maximum absolute atomic E-state index is 13.3. The van der Waals surface area contributed by atoms with E-state index in [-0.39, 0.29) is 43.0 Å². The third kappa shape index (κ3) is 11.2. The molecule has 0 aromatic heterocycles. The number of carbonyl (C=O) groups is 5. The van der Waals surface area contributed by atoms with E-state index < -0.39 is 36.0 Å². The van der Waals surface area contributed by atoms with Gasteiger partial charge < -0.3 is 25.2 Å². The molecule has 0 unspecified atom stereocenters. The molecule has 2 fully saturated rings. The minimum atomic E-state index is -4.85. The van der Waals surface area contributed by atoms with E-state index in [1.807, 2.05) is 30.3 Å². The molecule has 2 aliphatic heterocycles. The average molecular weight is 716 g/mol. The lowest BCUT2D eigenvalue weighted by Gasteiger charge is -2.41. The summed E-state index contributed by atoms with van der Waals surface area (Å²) >= 11 is 6.00. The second-order valence-electron chi connectivity index (χ2n) is 11.5. The fraction of sp³-hybridized carbons (Fsp3) is 0.286. The summed E-state index contributed by atoms with van der Waals surface area (Å²) < 4.78 is 44.1. The van der Waals surface area contributed by atoms with Crippen LogP contribution in [0.5, 0.6) is 5.75 Å². The number of carboxylic acids is 2. The molecular formula is C35H33ClF3N3O8. The van der Waals surface area contributed by atoms with E-state index in [4.69, 9.17) is 21.8 Å². The van der Waals surface area contributed by atoms with Gasteiger partial charge >= 0.3 is 18.3 Å². The molecular weight excluding hydrogens is 683 g/mol. The highest BCUT2D eigenvalue weighted by molar-refractivity contribution is 6.30. The third-order valence-electron chi connectivity index (χ3n) is 8.03. The predicted octanol–water partition coefficient (Wildman–Crippen LogP) is 5.14. The van der Waals surface area contributed by atoms with Crippen molar-refractivity contribution in [3.63, 3.8) is 0 Å². The first-order chi connectivity index (χ1) is 23.7. The van der Waals surface area contributed by atoms with E-state index in [9.17, 15) is 37.1 Å². The second-order valence-corrected chi connectivity index (χ2v) is 12.0. The van der Waals surface area contributed by atoms with Gasteiger partial charge in [0.15, 0.2) is 0 Å². The summed E-state index contributed by atoms with van der Waals surface area (Å²) in [5, 5.41) is 21.8. The van der Waals surface area contributed by atoms with Gasteiger partial charge in [0.2, 0.25) is 17.7 Å². The zero-order valence-corrected chi connectivity index (χ0v) is 27.1. The lowest BCUT2D eigenvalue weighted by atomic mass is 9.84. The number of carboxylic acid groups (broad SMARTS) is 2. The van der Waals surface area contributed by atoms with Crippen molar-refractivity contribution in [2.24, 2.45) is 5.92 Å². The maximum atomic E-state index is 13.3. The lowest BCUT2D eigenvalue weighted by Crippen LogP contribution is -2.52. The second kappa shape index (κ2) is 16.9. The van der Waals surface area contributed by atoms with Gasteiger partial charge in [0, 0.05) is 67.2 Å². The van der Waals surface area contributed by atoms with Crippen LogP contribution in [0.2, 0.25) is 5.02 Å². The number of benzene rings is 3. The fourth-order valence-electron chi connectivity index (χ4n) is 5.79. The molecule has 4 N–H and O–H groups in total. The van der Waals surface area contributed by atoms with Gasteiger partial charge in [-0.1, -0.05) is 60.1 Å². The van der Waals surface area contributed by atoms with Gasteiger partial charge in [-0.3, -0.25) is 19.7 Å². The van der Waals surface area contributed by atoms with Crippen molar-refractivity contribution in [1.29, 1.82) is 0 Å². The van der Waals surface area contributed by atoms with E-state index in [2.05, 4.69) is 15.4 Å². The van der Waals surface area contributed by atoms with E-state index in [0.717, 1.165) is 11.1 Å². The van der Waals surface area contributed by atoms with Gasteiger partial charge in [0.1, 0.15) is 5.75 Å². The van der Waals surface area contributed by atoms with Gasteiger partial charge in [-0.25, -0.2) is 9.59 Å². The number of hydrogen-bond acceptors (Lipinski definition) is 7. The van der Waals surface area contributed by atoms with Crippen molar-refractivity contribution in [2.45, 2.75) is 44.1 Å². The van der Waals surface area contributed by atoms with Crippen molar-refractivity contribution in [3.05, 3.63) is 101 Å². The summed E-state index contributed by atoms with van der Waals surface area (Å²) in [6, 6.07) is 20.9. The molecule has 5 rings (SSSR count). The van der Waals surface area contributed by atoms with Gasteiger partial charge in [0.25, 0.3) is 0 Å². The summed E-state index contributed by atoms with van der Waals surface area (Å²) in [7, 11) is 0. The Balaban J connectivity index is 0.000000627. The molecule has 2 heterocycles. The van der Waals surface area contributed by atoms with E-state index in [0.29, 0.717) is 47.8 Å². The van der Waals surface area contributed by atoms with Crippen LogP contribution in [0, 0.1) is 5.92 Å². The van der Waals surface area contributed by atoms with Gasteiger partial charge in [0.05, 0.1) is 5.92 Å². The highest BCUT2D eigenvalue weighted by atomic mass is 35.5. The lowest BCUT2D eigenvalue weighted by molar-refractivity contribution is -0.275. The average Bonchev–Trinajstić information content (AvgIpc) is 3.06. The predicted molar refractivity (Wildman–Crippen MR) is 175 cm³/mol. The number of carbonyl (C=O) groups excluding carboxylic acids is 3. The third-order valence-corrected chi connectivity index (χ3v) is 8.28. The molecule has 2 saturated heterocycles. The number of amides is 3. The molecule has 3 aromatic carbocycles. The summed E-state index contributed by atoms with van der Waals surface area (Å²) in [6.07, 6.45) is -3.29. The minimum Gasteiger partial charge on any atom is -0.478 e. The highest BCUT2D eigenvalue weighted by Crippen LogP contribution is 2.33. The number of alkyl halides is 3. The Morgan fingerprint density at radius 2 is 1.52 bits per heavy atom. The minimum absolute atomic E-state index is 0.0370. The first-order valence-electron chi connectivity index (χ1n) is 15.4. The number of ether oxygens (including phenoxy) is 1. The summed E-state index contributed by atoms with van der Waals surface area (Å²) in [4.78, 5) is 57.9. The van der Waals surface area contributed by atoms with Crippen LogP contribution in [0.25, 0.3) is 11.1 Å². The molecule has 0 radical (unpaired) electrons. The normalized spacial score (nSPS) is 18.2. The van der Waals surface area contributed by atoms with Crippen molar-refractivity contribution >= 4 is 41.3 Å². The maximum Gasteiger partial charge on any atom is 0.573 e. The Morgan fingerprint density at radius 3 is 2.10 bits per heavy atom. The van der Waals surface area contributed by atoms with Gasteiger partial charge in [-0.05, 0) is 47.4 Å². The summed E-state index contributed by atoms with van der Waals surface area (Å²) in [5.74, 6) is -4.85. The topological polar surface area (TPSA) is 162 Å². The molecule has 2 aliphatic rings. The number of halogens is 4. The zero-order valence-electron chi connectivity index (χ0n) is 26.4. The van der Waals surface area contributed by atoms with Crippen LogP contribution in [0.1, 0.15) is 36.3 Å². The van der Waals surface area contributed by atoms with Crippen LogP contribution < -0.4 is 15.4 Å². The Morgan fingerprint density at radius 1 is 0.920 bits per heavy atom. The quantitative estimate of drug-likeness (QED) is 0.174. The van der Waals surface area contributed by atoms with Crippen molar-refractivity contribution in [2.75, 3.05) is 13.1 Å². The molecule has 15 heteroatoms. The molecule has 0 saturated carbocycles. The molecule has 0 bridgehead atoms. The number of imide groups is 1. The molecule has 0 spiro atoms. The molecule has 50 heavy (non-hydrogen) atoms. The van der Waals surface area contributed by atoms with Crippen LogP contribution in [-0.2, 0) is 30.5 Å². The molecule has 264 valence electrons. The number of hydrogen-bond donors (Lipinski definition) is 4. The SMILES string of the molecule is O=C(O)/C=C/C(=O)O.O=C1CC(C(=O)N2CC[C@H](NCc3cc(-c4ccc(Cl)cc4)ccc3OC(F)(F)F)[C@H](c3ccccc3)C2)CC(=O)N1. The van der Waals surface area contributed by atoms with Crippen molar-refractivity contribution in [3.8, 4) is 16.9 Å². The van der Waals surface area contributed by atoms with Crippen LogP contribution in [-0.4, -0.2) is 70.3 Å². The Hall–Kier alpha value is -5.21. The number of piperidine rings is 2. The molecule has 2 atom stereocenters. The Labute approximate surface area is 289 Å². The number of nitrogens with one attached hydrogen (secondary N) is 2. The first-order valence-corrected chi connectivity index (χ1v) is 15.7.